The van der Waals surface area contributed by atoms with E-state index in [1.807, 2.05) is 20.8 Å². The van der Waals surface area contributed by atoms with Gasteiger partial charge in [0.15, 0.2) is 0 Å². The van der Waals surface area contributed by atoms with Gasteiger partial charge in [-0.05, 0) is 81.3 Å². The molecule has 2 atom stereocenters. The third-order valence-electron chi connectivity index (χ3n) is 6.51. The van der Waals surface area contributed by atoms with Crippen molar-refractivity contribution >= 4 is 50.7 Å². The van der Waals surface area contributed by atoms with Crippen LogP contribution in [0.2, 0.25) is 10.0 Å². The highest BCUT2D eigenvalue weighted by atomic mass is 35.5. The van der Waals surface area contributed by atoms with Gasteiger partial charge in [0.25, 0.3) is 10.0 Å². The summed E-state index contributed by atoms with van der Waals surface area (Å²) < 4.78 is 42.0. The predicted molar refractivity (Wildman–Crippen MR) is 156 cm³/mol. The monoisotopic (exact) mass is 607 g/mol. The van der Waals surface area contributed by atoms with Gasteiger partial charge in [0.05, 0.1) is 20.6 Å². The highest BCUT2D eigenvalue weighted by Gasteiger charge is 2.33. The summed E-state index contributed by atoms with van der Waals surface area (Å²) in [6, 6.07) is 14.8. The topological polar surface area (TPSA) is 86.8 Å². The number of halogens is 3. The normalized spacial score (nSPS) is 12.9. The predicted octanol–water partition coefficient (Wildman–Crippen LogP) is 5.97. The molecular weight excluding hydrogens is 576 g/mol. The molecule has 40 heavy (non-hydrogen) atoms. The smallest absolute Gasteiger partial charge is 0.264 e. The first kappa shape index (κ1) is 31.4. The first-order valence-corrected chi connectivity index (χ1v) is 14.9. The molecule has 0 aliphatic rings. The van der Waals surface area contributed by atoms with Crippen LogP contribution in [0.3, 0.4) is 0 Å². The number of rotatable bonds is 11. The van der Waals surface area contributed by atoms with Crippen molar-refractivity contribution in [2.75, 3.05) is 10.8 Å². The molecule has 7 nitrogen and oxygen atoms in total. The SMILES string of the molecule is CC[C@@H](C)NC(=O)[C@@H](C)N(Cc1ccc(Cl)c(Cl)c1)C(=O)CN(c1ccc(C)cc1)S(=O)(=O)c1ccc(F)cc1. The first-order chi connectivity index (χ1) is 18.8. The molecule has 1 N–H and O–H groups in total. The highest BCUT2D eigenvalue weighted by Crippen LogP contribution is 2.27. The maximum absolute atomic E-state index is 13.9. The molecule has 0 aliphatic carbocycles. The highest BCUT2D eigenvalue weighted by molar-refractivity contribution is 7.92. The van der Waals surface area contributed by atoms with Crippen molar-refractivity contribution < 1.29 is 22.4 Å². The van der Waals surface area contributed by atoms with E-state index in [9.17, 15) is 22.4 Å². The van der Waals surface area contributed by atoms with Gasteiger partial charge in [0.1, 0.15) is 18.4 Å². The molecular formula is C29H32Cl2FN3O4S. The second-order valence-corrected chi connectivity index (χ2v) is 12.2. The number of nitrogens with one attached hydrogen (secondary N) is 1. The maximum atomic E-state index is 13.9. The molecule has 0 heterocycles. The number of hydrogen-bond acceptors (Lipinski definition) is 4. The summed E-state index contributed by atoms with van der Waals surface area (Å²) in [6.45, 7) is 6.58. The van der Waals surface area contributed by atoms with E-state index in [0.717, 1.165) is 34.1 Å². The number of nitrogens with zero attached hydrogens (tertiary/aromatic N) is 2. The lowest BCUT2D eigenvalue weighted by Gasteiger charge is -2.32. The standard InChI is InChI=1S/C29H32Cl2FN3O4S/c1-5-20(3)33-29(37)21(4)34(17-22-8-15-26(30)27(31)16-22)28(36)18-35(24-11-6-19(2)7-12-24)40(38,39)25-13-9-23(32)10-14-25/h6-16,20-21H,5,17-18H2,1-4H3,(H,33,37)/t20-,21-/m1/s1. The fraction of sp³-hybridized carbons (Fsp3) is 0.310. The van der Waals surface area contributed by atoms with Crippen molar-refractivity contribution in [2.24, 2.45) is 0 Å². The third kappa shape index (κ3) is 7.74. The van der Waals surface area contributed by atoms with Crippen molar-refractivity contribution in [3.8, 4) is 0 Å². The van der Waals surface area contributed by atoms with Crippen molar-refractivity contribution in [2.45, 2.75) is 57.6 Å². The molecule has 0 bridgehead atoms. The van der Waals surface area contributed by atoms with Crippen LogP contribution in [0, 0.1) is 12.7 Å². The van der Waals surface area contributed by atoms with Crippen LogP contribution in [0.1, 0.15) is 38.3 Å². The summed E-state index contributed by atoms with van der Waals surface area (Å²) in [7, 11) is -4.29. The fourth-order valence-corrected chi connectivity index (χ4v) is 5.59. The largest absolute Gasteiger partial charge is 0.352 e. The molecule has 3 aromatic carbocycles. The Morgan fingerprint density at radius 3 is 2.15 bits per heavy atom. The number of benzene rings is 3. The van der Waals surface area contributed by atoms with Gasteiger partial charge in [-0.3, -0.25) is 13.9 Å². The maximum Gasteiger partial charge on any atom is 0.264 e. The van der Waals surface area contributed by atoms with Crippen molar-refractivity contribution in [1.29, 1.82) is 0 Å². The average molecular weight is 609 g/mol. The van der Waals surface area contributed by atoms with Crippen LogP contribution in [0.5, 0.6) is 0 Å². The number of amides is 2. The van der Waals surface area contributed by atoms with E-state index in [1.165, 1.54) is 4.90 Å². The molecule has 0 unspecified atom stereocenters. The zero-order valence-corrected chi connectivity index (χ0v) is 25.0. The number of aryl methyl sites for hydroxylation is 1. The van der Waals surface area contributed by atoms with Crippen LogP contribution in [0.15, 0.2) is 71.6 Å². The summed E-state index contributed by atoms with van der Waals surface area (Å²) in [4.78, 5) is 28.1. The Morgan fingerprint density at radius 1 is 0.950 bits per heavy atom. The van der Waals surface area contributed by atoms with E-state index in [-0.39, 0.29) is 34.1 Å². The van der Waals surface area contributed by atoms with Crippen LogP contribution < -0.4 is 9.62 Å². The lowest BCUT2D eigenvalue weighted by atomic mass is 10.1. The van der Waals surface area contributed by atoms with Gasteiger partial charge < -0.3 is 10.2 Å². The second kappa shape index (κ2) is 13.5. The lowest BCUT2D eigenvalue weighted by molar-refractivity contribution is -0.139. The molecule has 0 fully saturated rings. The van der Waals surface area contributed by atoms with Gasteiger partial charge >= 0.3 is 0 Å². The molecule has 11 heteroatoms. The molecule has 0 spiro atoms. The van der Waals surface area contributed by atoms with E-state index in [0.29, 0.717) is 17.0 Å². The summed E-state index contributed by atoms with van der Waals surface area (Å²) in [6.07, 6.45) is 0.691. The Kier molecular flexibility index (Phi) is 10.6. The first-order valence-electron chi connectivity index (χ1n) is 12.7. The number of hydrogen-bond donors (Lipinski definition) is 1. The summed E-state index contributed by atoms with van der Waals surface area (Å²) >= 11 is 12.3. The number of anilines is 1. The Hall–Kier alpha value is -3.14. The zero-order chi connectivity index (χ0) is 29.6. The van der Waals surface area contributed by atoms with Crippen molar-refractivity contribution in [3.05, 3.63) is 93.7 Å². The minimum absolute atomic E-state index is 0.0247. The second-order valence-electron chi connectivity index (χ2n) is 9.57. The van der Waals surface area contributed by atoms with E-state index in [4.69, 9.17) is 23.2 Å². The number of carbonyl (C=O) groups excluding carboxylic acids is 2. The minimum Gasteiger partial charge on any atom is -0.352 e. The molecule has 0 radical (unpaired) electrons. The Labute approximate surface area is 244 Å². The molecule has 3 rings (SSSR count). The van der Waals surface area contributed by atoms with E-state index >= 15 is 0 Å². The number of sulfonamides is 1. The van der Waals surface area contributed by atoms with Crippen LogP contribution >= 0.6 is 23.2 Å². The molecule has 214 valence electrons. The Morgan fingerprint density at radius 2 is 1.57 bits per heavy atom. The molecule has 0 aliphatic heterocycles. The lowest BCUT2D eigenvalue weighted by Crippen LogP contribution is -2.52. The van der Waals surface area contributed by atoms with E-state index in [2.05, 4.69) is 5.32 Å². The van der Waals surface area contributed by atoms with Gasteiger partial charge in [-0.25, -0.2) is 12.8 Å². The Bertz CT molecular complexity index is 1450. The Balaban J connectivity index is 2.03. The fourth-order valence-electron chi connectivity index (χ4n) is 3.86. The van der Waals surface area contributed by atoms with E-state index < -0.39 is 34.3 Å². The van der Waals surface area contributed by atoms with Gasteiger partial charge in [0, 0.05) is 12.6 Å². The van der Waals surface area contributed by atoms with Crippen LogP contribution in [-0.4, -0.2) is 43.8 Å². The average Bonchev–Trinajstić information content (AvgIpc) is 2.92. The molecule has 0 saturated heterocycles. The van der Waals surface area contributed by atoms with Crippen molar-refractivity contribution in [1.82, 2.24) is 10.2 Å². The van der Waals surface area contributed by atoms with E-state index in [1.54, 1.807) is 49.4 Å². The molecule has 3 aromatic rings. The van der Waals surface area contributed by atoms with Gasteiger partial charge in [-0.15, -0.1) is 0 Å². The van der Waals surface area contributed by atoms with Gasteiger partial charge in [-0.2, -0.15) is 0 Å². The minimum atomic E-state index is -4.29. The van der Waals surface area contributed by atoms with Gasteiger partial charge in [-0.1, -0.05) is 53.9 Å². The quantitative estimate of drug-likeness (QED) is 0.291. The van der Waals surface area contributed by atoms with Crippen LogP contribution in [0.4, 0.5) is 10.1 Å². The molecule has 0 saturated carbocycles. The zero-order valence-electron chi connectivity index (χ0n) is 22.7. The van der Waals surface area contributed by atoms with Gasteiger partial charge in [0.2, 0.25) is 11.8 Å². The van der Waals surface area contributed by atoms with Crippen molar-refractivity contribution in [3.63, 3.8) is 0 Å². The third-order valence-corrected chi connectivity index (χ3v) is 9.03. The summed E-state index contributed by atoms with van der Waals surface area (Å²) in [5, 5.41) is 3.49. The van der Waals surface area contributed by atoms with Crippen LogP contribution in [-0.2, 0) is 26.2 Å². The number of carbonyl (C=O) groups is 2. The summed E-state index contributed by atoms with van der Waals surface area (Å²) in [5.74, 6) is -1.60. The molecule has 0 aromatic heterocycles. The summed E-state index contributed by atoms with van der Waals surface area (Å²) in [5.41, 5.74) is 1.74. The van der Waals surface area contributed by atoms with Crippen LogP contribution in [0.25, 0.3) is 0 Å². The molecule has 2 amide bonds.